The van der Waals surface area contributed by atoms with Gasteiger partial charge in [0.25, 0.3) is 0 Å². The number of aryl methyl sites for hydroxylation is 1. The van der Waals surface area contributed by atoms with E-state index in [-0.39, 0.29) is 0 Å². The molecule has 1 atom stereocenters. The van der Waals surface area contributed by atoms with E-state index in [0.29, 0.717) is 17.5 Å². The minimum absolute atomic E-state index is 0.361. The smallest absolute Gasteiger partial charge is 0.111 e. The molecule has 106 valence electrons. The van der Waals surface area contributed by atoms with Crippen molar-refractivity contribution in [2.24, 2.45) is 0 Å². The van der Waals surface area contributed by atoms with E-state index in [1.807, 2.05) is 30.0 Å². The Morgan fingerprint density at radius 1 is 1.50 bits per heavy atom. The van der Waals surface area contributed by atoms with Crippen molar-refractivity contribution in [3.63, 3.8) is 0 Å². The third kappa shape index (κ3) is 3.11. The second-order valence-electron chi connectivity index (χ2n) is 4.78. The molecule has 1 aromatic heterocycles. The summed E-state index contributed by atoms with van der Waals surface area (Å²) < 4.78 is 2.24. The molecule has 5 heteroatoms. The number of fused-ring (bicyclic) bond motifs is 1. The zero-order chi connectivity index (χ0) is 14.5. The average molecular weight is 308 g/mol. The maximum absolute atomic E-state index is 9.07. The van der Waals surface area contributed by atoms with E-state index in [2.05, 4.69) is 28.8 Å². The molecule has 0 bridgehead atoms. The quantitative estimate of drug-likeness (QED) is 0.757. The average Bonchev–Trinajstić information content (AvgIpc) is 2.82. The molecule has 0 aliphatic carbocycles. The van der Waals surface area contributed by atoms with Gasteiger partial charge in [-0.1, -0.05) is 0 Å². The van der Waals surface area contributed by atoms with Gasteiger partial charge >= 0.3 is 0 Å². The first-order chi connectivity index (χ1) is 9.71. The number of benzene rings is 1. The number of imidazole rings is 1. The Morgan fingerprint density at radius 2 is 2.30 bits per heavy atom. The Bertz CT molecular complexity index is 630. The molecule has 0 saturated heterocycles. The lowest BCUT2D eigenvalue weighted by molar-refractivity contribution is 0.528. The minimum Gasteiger partial charge on any atom is -0.325 e. The lowest BCUT2D eigenvalue weighted by atomic mass is 10.2. The van der Waals surface area contributed by atoms with E-state index in [4.69, 9.17) is 16.9 Å². The zero-order valence-corrected chi connectivity index (χ0v) is 13.3. The molecule has 0 N–H and O–H groups in total. The lowest BCUT2D eigenvalue weighted by Gasteiger charge is -2.17. The maximum atomic E-state index is 9.07. The monoisotopic (exact) mass is 307 g/mol. The molecular weight excluding hydrogens is 290 g/mol. The van der Waals surface area contributed by atoms with Gasteiger partial charge in [0.2, 0.25) is 0 Å². The van der Waals surface area contributed by atoms with Crippen LogP contribution in [0.25, 0.3) is 11.0 Å². The van der Waals surface area contributed by atoms with Crippen LogP contribution in [-0.2, 0) is 6.42 Å². The van der Waals surface area contributed by atoms with Crippen LogP contribution >= 0.6 is 23.4 Å². The molecule has 0 fully saturated rings. The maximum Gasteiger partial charge on any atom is 0.111 e. The molecule has 2 aromatic rings. The molecule has 1 aromatic carbocycles. The van der Waals surface area contributed by atoms with E-state index in [9.17, 15) is 0 Å². The highest BCUT2D eigenvalue weighted by Crippen LogP contribution is 2.25. The largest absolute Gasteiger partial charge is 0.325 e. The van der Waals surface area contributed by atoms with Crippen molar-refractivity contribution in [3.8, 4) is 6.07 Å². The summed E-state index contributed by atoms with van der Waals surface area (Å²) in [5.74, 6) is 2.68. The third-order valence-corrected chi connectivity index (χ3v) is 4.22. The second-order valence-corrected chi connectivity index (χ2v) is 6.15. The fraction of sp³-hybridized carbons (Fsp3) is 0.467. The summed E-state index contributed by atoms with van der Waals surface area (Å²) in [6, 6.07) is 8.22. The molecule has 0 aliphatic rings. The van der Waals surface area contributed by atoms with E-state index in [1.54, 1.807) is 0 Å². The van der Waals surface area contributed by atoms with E-state index >= 15 is 0 Å². The predicted molar refractivity (Wildman–Crippen MR) is 86.6 cm³/mol. The van der Waals surface area contributed by atoms with Crippen molar-refractivity contribution < 1.29 is 0 Å². The number of alkyl halides is 1. The molecule has 20 heavy (non-hydrogen) atoms. The topological polar surface area (TPSA) is 41.6 Å². The molecular formula is C15H18ClN3S. The highest BCUT2D eigenvalue weighted by molar-refractivity contribution is 7.98. The van der Waals surface area contributed by atoms with Gasteiger partial charge in [-0.05, 0) is 43.6 Å². The van der Waals surface area contributed by atoms with Crippen molar-refractivity contribution in [3.05, 3.63) is 29.6 Å². The van der Waals surface area contributed by atoms with Crippen LogP contribution in [0, 0.1) is 11.3 Å². The van der Waals surface area contributed by atoms with Crippen molar-refractivity contribution in [2.45, 2.75) is 25.8 Å². The molecule has 3 nitrogen and oxygen atoms in total. The van der Waals surface area contributed by atoms with E-state index in [1.165, 1.54) is 0 Å². The van der Waals surface area contributed by atoms with E-state index < -0.39 is 0 Å². The standard InChI is InChI=1S/C15H18ClN3S/c1-11(6-8-20-2)19-14-9-12(10-17)3-4-13(14)18-15(19)5-7-16/h3-4,9,11H,5-8H2,1-2H3. The Morgan fingerprint density at radius 3 is 2.95 bits per heavy atom. The number of hydrogen-bond acceptors (Lipinski definition) is 3. The van der Waals surface area contributed by atoms with Gasteiger partial charge in [-0.25, -0.2) is 4.98 Å². The van der Waals surface area contributed by atoms with Gasteiger partial charge in [-0.3, -0.25) is 0 Å². The van der Waals surface area contributed by atoms with Gasteiger partial charge in [-0.2, -0.15) is 17.0 Å². The summed E-state index contributed by atoms with van der Waals surface area (Å²) in [6.45, 7) is 2.20. The lowest BCUT2D eigenvalue weighted by Crippen LogP contribution is -2.11. The van der Waals surface area contributed by atoms with Crippen molar-refractivity contribution in [1.82, 2.24) is 9.55 Å². The molecule has 0 aliphatic heterocycles. The van der Waals surface area contributed by atoms with E-state index in [0.717, 1.165) is 35.5 Å². The van der Waals surface area contributed by atoms with Gasteiger partial charge in [0.05, 0.1) is 22.7 Å². The van der Waals surface area contributed by atoms with Crippen LogP contribution < -0.4 is 0 Å². The summed E-state index contributed by atoms with van der Waals surface area (Å²) >= 11 is 7.74. The normalized spacial score (nSPS) is 12.5. The third-order valence-electron chi connectivity index (χ3n) is 3.39. The van der Waals surface area contributed by atoms with Gasteiger partial charge in [-0.15, -0.1) is 11.6 Å². The van der Waals surface area contributed by atoms with Crippen LogP contribution in [0.5, 0.6) is 0 Å². The zero-order valence-electron chi connectivity index (χ0n) is 11.8. The predicted octanol–water partition coefficient (Wildman–Crippen LogP) is 4.00. The summed E-state index contributed by atoms with van der Waals surface area (Å²) in [5, 5.41) is 9.07. The van der Waals surface area contributed by atoms with Crippen molar-refractivity contribution >= 4 is 34.4 Å². The Labute approximate surface area is 128 Å². The van der Waals surface area contributed by atoms with Crippen LogP contribution in [0.3, 0.4) is 0 Å². The number of aromatic nitrogens is 2. The number of thioether (sulfide) groups is 1. The summed E-state index contributed by atoms with van der Waals surface area (Å²) in [4.78, 5) is 4.67. The van der Waals surface area contributed by atoms with Crippen LogP contribution in [0.4, 0.5) is 0 Å². The molecule has 0 saturated carbocycles. The number of nitriles is 1. The van der Waals surface area contributed by atoms with Gasteiger partial charge in [0.15, 0.2) is 0 Å². The van der Waals surface area contributed by atoms with Gasteiger partial charge < -0.3 is 4.57 Å². The van der Waals surface area contributed by atoms with Crippen molar-refractivity contribution in [1.29, 1.82) is 5.26 Å². The number of rotatable bonds is 6. The highest BCUT2D eigenvalue weighted by Gasteiger charge is 2.15. The highest BCUT2D eigenvalue weighted by atomic mass is 35.5. The molecule has 1 unspecified atom stereocenters. The first-order valence-electron chi connectivity index (χ1n) is 6.67. The number of hydrogen-bond donors (Lipinski definition) is 0. The number of nitrogens with zero attached hydrogens (tertiary/aromatic N) is 3. The fourth-order valence-corrected chi connectivity index (χ4v) is 3.13. The van der Waals surface area contributed by atoms with Crippen LogP contribution in [-0.4, -0.2) is 27.4 Å². The molecule has 0 amide bonds. The van der Waals surface area contributed by atoms with Gasteiger partial charge in [0.1, 0.15) is 5.82 Å². The number of halogens is 1. The summed E-state index contributed by atoms with van der Waals surface area (Å²) in [6.07, 6.45) is 3.95. The van der Waals surface area contributed by atoms with Crippen molar-refractivity contribution in [2.75, 3.05) is 17.9 Å². The molecule has 1 heterocycles. The Hall–Kier alpha value is -1.18. The molecule has 2 rings (SSSR count). The molecule has 0 spiro atoms. The first-order valence-corrected chi connectivity index (χ1v) is 8.60. The SMILES string of the molecule is CSCCC(C)n1c(CCCl)nc2ccc(C#N)cc21. The van der Waals surface area contributed by atoms with Crippen LogP contribution in [0.15, 0.2) is 18.2 Å². The van der Waals surface area contributed by atoms with Crippen LogP contribution in [0.1, 0.15) is 30.8 Å². The Kier molecular flexibility index (Phi) is 5.33. The summed E-state index contributed by atoms with van der Waals surface area (Å²) in [5.41, 5.74) is 2.66. The van der Waals surface area contributed by atoms with Crippen LogP contribution in [0.2, 0.25) is 0 Å². The Balaban J connectivity index is 2.51. The minimum atomic E-state index is 0.361. The molecule has 0 radical (unpaired) electrons. The second kappa shape index (κ2) is 7.01. The first kappa shape index (κ1) is 15.2. The summed E-state index contributed by atoms with van der Waals surface area (Å²) in [7, 11) is 0. The van der Waals surface area contributed by atoms with Gasteiger partial charge in [0, 0.05) is 18.3 Å². The fourth-order valence-electron chi connectivity index (χ4n) is 2.38.